The molecule has 0 unspecified atom stereocenters. The fourth-order valence-corrected chi connectivity index (χ4v) is 3.86. The van der Waals surface area contributed by atoms with Crippen molar-refractivity contribution in [3.63, 3.8) is 0 Å². The van der Waals surface area contributed by atoms with Crippen molar-refractivity contribution in [1.82, 2.24) is 19.8 Å². The molecule has 1 aliphatic rings. The molecular weight excluding hydrogens is 413 g/mol. The average Bonchev–Trinajstić information content (AvgIpc) is 3.30. The van der Waals surface area contributed by atoms with Crippen LogP contribution in [0.5, 0.6) is 0 Å². The van der Waals surface area contributed by atoms with Crippen LogP contribution in [0.25, 0.3) is 16.9 Å². The minimum atomic E-state index is -0.415. The number of hydrogen-bond donors (Lipinski definition) is 0. The average molecular weight is 437 g/mol. The van der Waals surface area contributed by atoms with Crippen molar-refractivity contribution < 1.29 is 9.31 Å². The summed E-state index contributed by atoms with van der Waals surface area (Å²) >= 11 is 0. The van der Waals surface area contributed by atoms with Crippen LogP contribution in [0.1, 0.15) is 44.6 Å². The first kappa shape index (κ1) is 21.3. The highest BCUT2D eigenvalue weighted by atomic mass is 16.7. The molecular formula is C25H24BN5O2. The fourth-order valence-electron chi connectivity index (χ4n) is 3.86. The quantitative estimate of drug-likeness (QED) is 0.454. The highest BCUT2D eigenvalue weighted by Gasteiger charge is 2.51. The molecule has 1 saturated heterocycles. The van der Waals surface area contributed by atoms with Crippen LogP contribution < -0.4 is 5.46 Å². The summed E-state index contributed by atoms with van der Waals surface area (Å²) in [4.78, 5) is 0. The first-order valence-electron chi connectivity index (χ1n) is 10.9. The summed E-state index contributed by atoms with van der Waals surface area (Å²) < 4.78 is 14.2. The molecule has 33 heavy (non-hydrogen) atoms. The summed E-state index contributed by atoms with van der Waals surface area (Å²) in [5.41, 5.74) is 4.16. The van der Waals surface area contributed by atoms with Crippen LogP contribution in [0, 0.1) is 11.3 Å². The van der Waals surface area contributed by atoms with Crippen molar-refractivity contribution >= 4 is 18.2 Å². The summed E-state index contributed by atoms with van der Waals surface area (Å²) in [6.45, 7) is 8.20. The Bertz CT molecular complexity index is 1370. The van der Waals surface area contributed by atoms with Crippen molar-refractivity contribution in [2.75, 3.05) is 0 Å². The van der Waals surface area contributed by atoms with Gasteiger partial charge in [0, 0.05) is 12.0 Å². The van der Waals surface area contributed by atoms with E-state index in [0.29, 0.717) is 17.6 Å². The van der Waals surface area contributed by atoms with Gasteiger partial charge in [-0.05, 0) is 63.0 Å². The molecule has 1 aliphatic heterocycles. The molecule has 0 atom stereocenters. The van der Waals surface area contributed by atoms with Crippen molar-refractivity contribution in [3.8, 4) is 17.3 Å². The minimum absolute atomic E-state index is 0.389. The van der Waals surface area contributed by atoms with E-state index in [9.17, 15) is 5.26 Å². The predicted molar refractivity (Wildman–Crippen MR) is 126 cm³/mol. The Morgan fingerprint density at radius 2 is 1.70 bits per heavy atom. The second kappa shape index (κ2) is 7.80. The second-order valence-electron chi connectivity index (χ2n) is 9.31. The van der Waals surface area contributed by atoms with Gasteiger partial charge in [0.1, 0.15) is 0 Å². The SMILES string of the molecule is CC1(C)OB(c2cccc(Cc3nnc4ccc(-c5cccc(C#N)c5)nn34)c2)OC1(C)C. The molecule has 2 aromatic heterocycles. The van der Waals surface area contributed by atoms with Crippen LogP contribution in [-0.2, 0) is 15.7 Å². The van der Waals surface area contributed by atoms with Crippen LogP contribution in [-0.4, -0.2) is 38.1 Å². The Hall–Kier alpha value is -3.54. The third-order valence-electron chi connectivity index (χ3n) is 6.45. The predicted octanol–water partition coefficient (Wildman–Crippen LogP) is 3.55. The van der Waals surface area contributed by atoms with E-state index >= 15 is 0 Å². The Kier molecular flexibility index (Phi) is 5.04. The Morgan fingerprint density at radius 1 is 0.939 bits per heavy atom. The smallest absolute Gasteiger partial charge is 0.399 e. The zero-order valence-corrected chi connectivity index (χ0v) is 19.1. The molecule has 4 aromatic rings. The number of nitriles is 1. The van der Waals surface area contributed by atoms with Gasteiger partial charge in [0.25, 0.3) is 0 Å². The molecule has 0 saturated carbocycles. The van der Waals surface area contributed by atoms with Gasteiger partial charge in [-0.3, -0.25) is 0 Å². The zero-order valence-electron chi connectivity index (χ0n) is 19.1. The molecule has 7 nitrogen and oxygen atoms in total. The molecule has 2 aromatic carbocycles. The van der Waals surface area contributed by atoms with E-state index in [-0.39, 0.29) is 11.2 Å². The van der Waals surface area contributed by atoms with Gasteiger partial charge in [0.05, 0.1) is 28.5 Å². The lowest BCUT2D eigenvalue weighted by Gasteiger charge is -2.32. The molecule has 0 N–H and O–H groups in total. The molecule has 0 aliphatic carbocycles. The van der Waals surface area contributed by atoms with E-state index in [2.05, 4.69) is 56.1 Å². The maximum absolute atomic E-state index is 9.20. The number of rotatable bonds is 4. The standard InChI is InChI=1S/C25H24BN5O2/c1-24(2)25(3,4)33-26(32-24)20-10-6-7-17(14-20)15-23-29-28-22-12-11-21(30-31(22)23)19-9-5-8-18(13-19)16-27/h5-14H,15H2,1-4H3. The number of fused-ring (bicyclic) bond motifs is 1. The van der Waals surface area contributed by atoms with Crippen LogP contribution in [0.15, 0.2) is 60.7 Å². The lowest BCUT2D eigenvalue weighted by Crippen LogP contribution is -2.41. The normalized spacial score (nSPS) is 16.8. The van der Waals surface area contributed by atoms with Gasteiger partial charge >= 0.3 is 7.12 Å². The first-order chi connectivity index (χ1) is 15.8. The number of benzene rings is 2. The van der Waals surface area contributed by atoms with Gasteiger partial charge in [-0.15, -0.1) is 10.2 Å². The lowest BCUT2D eigenvalue weighted by molar-refractivity contribution is 0.00578. The van der Waals surface area contributed by atoms with Crippen molar-refractivity contribution in [2.45, 2.75) is 45.3 Å². The van der Waals surface area contributed by atoms with E-state index in [1.165, 1.54) is 0 Å². The van der Waals surface area contributed by atoms with Gasteiger partial charge in [-0.25, -0.2) is 0 Å². The molecule has 0 bridgehead atoms. The number of aromatic nitrogens is 4. The largest absolute Gasteiger partial charge is 0.494 e. The third kappa shape index (κ3) is 3.90. The number of hydrogen-bond acceptors (Lipinski definition) is 6. The zero-order chi connectivity index (χ0) is 23.2. The maximum Gasteiger partial charge on any atom is 0.494 e. The van der Waals surface area contributed by atoms with Gasteiger partial charge in [0.15, 0.2) is 11.5 Å². The second-order valence-corrected chi connectivity index (χ2v) is 9.31. The summed E-state index contributed by atoms with van der Waals surface area (Å²) in [7, 11) is -0.415. The summed E-state index contributed by atoms with van der Waals surface area (Å²) in [5.74, 6) is 0.731. The molecule has 3 heterocycles. The van der Waals surface area contributed by atoms with Gasteiger partial charge < -0.3 is 9.31 Å². The number of nitrogens with zero attached hydrogens (tertiary/aromatic N) is 5. The monoisotopic (exact) mass is 437 g/mol. The maximum atomic E-state index is 9.20. The first-order valence-corrected chi connectivity index (χ1v) is 10.9. The molecule has 0 radical (unpaired) electrons. The summed E-state index contributed by atoms with van der Waals surface area (Å²) in [6.07, 6.45) is 0.559. The van der Waals surface area contributed by atoms with E-state index in [1.54, 1.807) is 10.6 Å². The van der Waals surface area contributed by atoms with E-state index in [0.717, 1.165) is 28.1 Å². The molecule has 0 amide bonds. The molecule has 0 spiro atoms. The van der Waals surface area contributed by atoms with Crippen LogP contribution in [0.3, 0.4) is 0 Å². The van der Waals surface area contributed by atoms with Crippen LogP contribution >= 0.6 is 0 Å². The van der Waals surface area contributed by atoms with Crippen molar-refractivity contribution in [3.05, 3.63) is 77.6 Å². The van der Waals surface area contributed by atoms with E-state index in [4.69, 9.17) is 14.4 Å². The fraction of sp³-hybridized carbons (Fsp3) is 0.280. The van der Waals surface area contributed by atoms with Gasteiger partial charge in [0.2, 0.25) is 0 Å². The summed E-state index contributed by atoms with van der Waals surface area (Å²) in [5, 5.41) is 22.6. The van der Waals surface area contributed by atoms with E-state index < -0.39 is 7.12 Å². The third-order valence-corrected chi connectivity index (χ3v) is 6.45. The minimum Gasteiger partial charge on any atom is -0.399 e. The molecule has 1 fully saturated rings. The highest BCUT2D eigenvalue weighted by molar-refractivity contribution is 6.62. The Labute approximate surface area is 193 Å². The lowest BCUT2D eigenvalue weighted by atomic mass is 9.78. The topological polar surface area (TPSA) is 85.3 Å². The van der Waals surface area contributed by atoms with Crippen LogP contribution in [0.2, 0.25) is 0 Å². The molecule has 5 rings (SSSR count). The molecule has 8 heteroatoms. The highest BCUT2D eigenvalue weighted by Crippen LogP contribution is 2.36. The van der Waals surface area contributed by atoms with Gasteiger partial charge in [-0.2, -0.15) is 14.9 Å². The Balaban J connectivity index is 1.44. The van der Waals surface area contributed by atoms with Gasteiger partial charge in [-0.1, -0.05) is 36.4 Å². The Morgan fingerprint density at radius 3 is 2.45 bits per heavy atom. The summed E-state index contributed by atoms with van der Waals surface area (Å²) in [6, 6.07) is 21.5. The van der Waals surface area contributed by atoms with E-state index in [1.807, 2.05) is 42.5 Å². The molecule has 164 valence electrons. The van der Waals surface area contributed by atoms with Crippen molar-refractivity contribution in [2.24, 2.45) is 0 Å². The van der Waals surface area contributed by atoms with Crippen molar-refractivity contribution in [1.29, 1.82) is 5.26 Å². The van der Waals surface area contributed by atoms with Crippen LogP contribution in [0.4, 0.5) is 0 Å².